The quantitative estimate of drug-likeness (QED) is 0.720. The topological polar surface area (TPSA) is 73.6 Å². The van der Waals surface area contributed by atoms with Crippen LogP contribution in [0.25, 0.3) is 0 Å². The van der Waals surface area contributed by atoms with E-state index < -0.39 is 17.6 Å². The fourth-order valence-corrected chi connectivity index (χ4v) is 4.68. The molecule has 3 heterocycles. The lowest BCUT2D eigenvalue weighted by Crippen LogP contribution is -2.59. The minimum absolute atomic E-state index is 0.102. The molecule has 0 bridgehead atoms. The number of carbonyl (C=O) groups is 2. The molecule has 0 spiro atoms. The molecule has 2 amide bonds. The number of likely N-dealkylation sites (N-methyl/N-ethyl adjacent to an activating group) is 1. The fraction of sp³-hybridized carbons (Fsp3) is 0.812. The Hall–Kier alpha value is -1.45. The molecule has 0 N–H and O–H groups in total. The highest BCUT2D eigenvalue weighted by atomic mass is 16.5. The molecule has 6 nitrogen and oxygen atoms in total. The van der Waals surface area contributed by atoms with Gasteiger partial charge in [0.05, 0.1) is 23.6 Å². The van der Waals surface area contributed by atoms with Crippen LogP contribution in [0.5, 0.6) is 0 Å². The molecule has 120 valence electrons. The van der Waals surface area contributed by atoms with Gasteiger partial charge >= 0.3 is 0 Å². The van der Waals surface area contributed by atoms with E-state index in [1.54, 1.807) is 0 Å². The van der Waals surface area contributed by atoms with Gasteiger partial charge in [0, 0.05) is 26.1 Å². The first-order valence-corrected chi connectivity index (χ1v) is 8.07. The zero-order valence-corrected chi connectivity index (χ0v) is 13.4. The molecular weight excluding hydrogens is 282 g/mol. The van der Waals surface area contributed by atoms with Crippen LogP contribution in [0.1, 0.15) is 33.6 Å². The van der Waals surface area contributed by atoms with Crippen LogP contribution >= 0.6 is 0 Å². The molecule has 6 heteroatoms. The van der Waals surface area contributed by atoms with E-state index in [0.717, 1.165) is 13.0 Å². The van der Waals surface area contributed by atoms with Crippen LogP contribution in [0.2, 0.25) is 0 Å². The highest BCUT2D eigenvalue weighted by Gasteiger charge is 2.65. The standard InChI is InChI=1S/C16H23N3O3/c1-4-19-14(20)11-12(15(19)21)22-16(3)8-10(2)9-18(13(11)16)7-5-6-17/h10-13H,4-5,7-9H2,1-3H3/t10-,11-,12-,13-,16-/m0/s1. The number of nitriles is 1. The Bertz CT molecular complexity index is 543. The number of hydrogen-bond donors (Lipinski definition) is 0. The summed E-state index contributed by atoms with van der Waals surface area (Å²) >= 11 is 0. The number of amides is 2. The highest BCUT2D eigenvalue weighted by molar-refractivity contribution is 6.07. The number of rotatable bonds is 3. The minimum Gasteiger partial charge on any atom is -0.360 e. The van der Waals surface area contributed by atoms with Crippen molar-refractivity contribution in [3.05, 3.63) is 0 Å². The molecule has 3 aliphatic heterocycles. The lowest BCUT2D eigenvalue weighted by atomic mass is 9.77. The van der Waals surface area contributed by atoms with Gasteiger partial charge in [0.2, 0.25) is 5.91 Å². The Morgan fingerprint density at radius 3 is 2.77 bits per heavy atom. The van der Waals surface area contributed by atoms with E-state index in [9.17, 15) is 9.59 Å². The summed E-state index contributed by atoms with van der Waals surface area (Å²) in [5, 5.41) is 8.89. The van der Waals surface area contributed by atoms with Crippen LogP contribution in [0.4, 0.5) is 0 Å². The smallest absolute Gasteiger partial charge is 0.259 e. The van der Waals surface area contributed by atoms with Crippen LogP contribution in [-0.2, 0) is 14.3 Å². The number of likely N-dealkylation sites (tertiary alicyclic amines) is 2. The van der Waals surface area contributed by atoms with E-state index in [-0.39, 0.29) is 17.9 Å². The average molecular weight is 305 g/mol. The van der Waals surface area contributed by atoms with Crippen molar-refractivity contribution in [2.45, 2.75) is 51.4 Å². The van der Waals surface area contributed by atoms with Gasteiger partial charge in [-0.1, -0.05) is 6.92 Å². The van der Waals surface area contributed by atoms with Gasteiger partial charge in [0.15, 0.2) is 6.10 Å². The molecule has 0 aromatic carbocycles. The van der Waals surface area contributed by atoms with Crippen molar-refractivity contribution in [1.82, 2.24) is 9.80 Å². The van der Waals surface area contributed by atoms with E-state index in [2.05, 4.69) is 17.9 Å². The molecule has 0 aromatic rings. The molecule has 5 atom stereocenters. The van der Waals surface area contributed by atoms with E-state index >= 15 is 0 Å². The summed E-state index contributed by atoms with van der Waals surface area (Å²) in [6.07, 6.45) is 0.633. The molecule has 22 heavy (non-hydrogen) atoms. The fourth-order valence-electron chi connectivity index (χ4n) is 4.68. The second kappa shape index (κ2) is 5.32. The Labute approximate surface area is 131 Å². The highest BCUT2D eigenvalue weighted by Crippen LogP contribution is 2.49. The third-order valence-corrected chi connectivity index (χ3v) is 5.27. The van der Waals surface area contributed by atoms with E-state index in [1.807, 2.05) is 13.8 Å². The zero-order chi connectivity index (χ0) is 16.1. The van der Waals surface area contributed by atoms with Crippen molar-refractivity contribution in [1.29, 1.82) is 5.26 Å². The number of carbonyl (C=O) groups excluding carboxylic acids is 2. The van der Waals surface area contributed by atoms with Crippen molar-refractivity contribution < 1.29 is 14.3 Å². The summed E-state index contributed by atoms with van der Waals surface area (Å²) in [6.45, 7) is 7.85. The van der Waals surface area contributed by atoms with Crippen molar-refractivity contribution in [2.75, 3.05) is 19.6 Å². The van der Waals surface area contributed by atoms with E-state index in [4.69, 9.17) is 10.00 Å². The number of nitrogens with zero attached hydrogens (tertiary/aromatic N) is 3. The van der Waals surface area contributed by atoms with E-state index in [1.165, 1.54) is 4.90 Å². The molecule has 0 unspecified atom stereocenters. The van der Waals surface area contributed by atoms with Gasteiger partial charge < -0.3 is 4.74 Å². The van der Waals surface area contributed by atoms with Gasteiger partial charge in [-0.3, -0.25) is 19.4 Å². The first-order chi connectivity index (χ1) is 10.4. The number of ether oxygens (including phenoxy) is 1. The molecule has 3 aliphatic rings. The summed E-state index contributed by atoms with van der Waals surface area (Å²) in [4.78, 5) is 28.6. The molecule has 3 fully saturated rings. The summed E-state index contributed by atoms with van der Waals surface area (Å²) in [7, 11) is 0. The van der Waals surface area contributed by atoms with Crippen molar-refractivity contribution in [3.63, 3.8) is 0 Å². The molecule has 0 aliphatic carbocycles. The van der Waals surface area contributed by atoms with Gasteiger partial charge in [-0.25, -0.2) is 0 Å². The van der Waals surface area contributed by atoms with Gasteiger partial charge in [0.1, 0.15) is 0 Å². The second-order valence-corrected chi connectivity index (χ2v) is 6.95. The average Bonchev–Trinajstić information content (AvgIpc) is 2.88. The first kappa shape index (κ1) is 15.4. The summed E-state index contributed by atoms with van der Waals surface area (Å²) in [6, 6.07) is 2.08. The summed E-state index contributed by atoms with van der Waals surface area (Å²) in [5.74, 6) is -0.293. The molecule has 3 rings (SSSR count). The van der Waals surface area contributed by atoms with Crippen LogP contribution in [0, 0.1) is 23.2 Å². The summed E-state index contributed by atoms with van der Waals surface area (Å²) in [5.41, 5.74) is -0.479. The van der Waals surface area contributed by atoms with Gasteiger partial charge in [-0.2, -0.15) is 5.26 Å². The number of piperidine rings is 1. The van der Waals surface area contributed by atoms with Crippen LogP contribution < -0.4 is 0 Å². The molecule has 0 radical (unpaired) electrons. The second-order valence-electron chi connectivity index (χ2n) is 6.95. The SMILES string of the molecule is CCN1C(=O)[C@H]2[C@H](O[C@@]3(C)C[C@H](C)CN(CCC#N)[C@@H]23)C1=O. The maximum Gasteiger partial charge on any atom is 0.259 e. The monoisotopic (exact) mass is 305 g/mol. The Kier molecular flexibility index (Phi) is 3.74. The van der Waals surface area contributed by atoms with Crippen LogP contribution in [-0.4, -0.2) is 59.0 Å². The predicted octanol–water partition coefficient (Wildman–Crippen LogP) is 0.773. The summed E-state index contributed by atoms with van der Waals surface area (Å²) < 4.78 is 6.14. The van der Waals surface area contributed by atoms with Crippen molar-refractivity contribution in [2.24, 2.45) is 11.8 Å². The van der Waals surface area contributed by atoms with Crippen molar-refractivity contribution >= 4 is 11.8 Å². The molecule has 3 saturated heterocycles. The predicted molar refractivity (Wildman–Crippen MR) is 78.5 cm³/mol. The van der Waals surface area contributed by atoms with Gasteiger partial charge in [0.25, 0.3) is 5.91 Å². The normalized spacial score (nSPS) is 41.5. The van der Waals surface area contributed by atoms with Crippen molar-refractivity contribution in [3.8, 4) is 6.07 Å². The Morgan fingerprint density at radius 2 is 2.14 bits per heavy atom. The molecular formula is C16H23N3O3. The maximum atomic E-state index is 12.7. The van der Waals surface area contributed by atoms with Crippen LogP contribution in [0.15, 0.2) is 0 Å². The Balaban J connectivity index is 1.94. The minimum atomic E-state index is -0.641. The molecule has 0 saturated carbocycles. The number of imide groups is 1. The maximum absolute atomic E-state index is 12.7. The number of hydrogen-bond acceptors (Lipinski definition) is 5. The first-order valence-electron chi connectivity index (χ1n) is 8.07. The lowest BCUT2D eigenvalue weighted by molar-refractivity contribution is -0.153. The third kappa shape index (κ3) is 2.07. The largest absolute Gasteiger partial charge is 0.360 e. The third-order valence-electron chi connectivity index (χ3n) is 5.27. The van der Waals surface area contributed by atoms with Gasteiger partial charge in [-0.15, -0.1) is 0 Å². The zero-order valence-electron chi connectivity index (χ0n) is 13.4. The Morgan fingerprint density at radius 1 is 1.41 bits per heavy atom. The van der Waals surface area contributed by atoms with E-state index in [0.29, 0.717) is 25.4 Å². The number of fused-ring (bicyclic) bond motifs is 3. The van der Waals surface area contributed by atoms with Gasteiger partial charge in [-0.05, 0) is 26.2 Å². The van der Waals surface area contributed by atoms with Crippen LogP contribution in [0.3, 0.4) is 0 Å². The molecule has 0 aromatic heterocycles. The lowest BCUT2D eigenvalue weighted by Gasteiger charge is -2.47.